The molecule has 1 aromatic rings. The van der Waals surface area contributed by atoms with Gasteiger partial charge in [0, 0.05) is 18.8 Å². The van der Waals surface area contributed by atoms with Crippen LogP contribution in [-0.4, -0.2) is 22.6 Å². The first-order valence-electron chi connectivity index (χ1n) is 5.16. The highest BCUT2D eigenvalue weighted by atomic mass is 79.9. The largest absolute Gasteiger partial charge is 0.341 e. The lowest BCUT2D eigenvalue weighted by atomic mass is 10.2. The average molecular weight is 259 g/mol. The van der Waals surface area contributed by atoms with E-state index in [0.717, 1.165) is 17.7 Å². The summed E-state index contributed by atoms with van der Waals surface area (Å²) in [4.78, 5) is 2.45. The normalized spacial score (nSPS) is 13.6. The van der Waals surface area contributed by atoms with E-state index in [1.807, 2.05) is 0 Å². The van der Waals surface area contributed by atoms with Gasteiger partial charge in [0.25, 0.3) is 0 Å². The highest BCUT2D eigenvalue weighted by Crippen LogP contribution is 2.23. The quantitative estimate of drug-likeness (QED) is 0.806. The van der Waals surface area contributed by atoms with E-state index in [2.05, 4.69) is 65.3 Å². The van der Waals surface area contributed by atoms with Crippen molar-refractivity contribution in [2.24, 2.45) is 7.05 Å². The maximum absolute atomic E-state index is 3.52. The summed E-state index contributed by atoms with van der Waals surface area (Å²) in [6.45, 7) is 8.87. The lowest BCUT2D eigenvalue weighted by Crippen LogP contribution is -2.27. The molecule has 3 heteroatoms. The summed E-state index contributed by atoms with van der Waals surface area (Å²) in [6.07, 6.45) is 0. The number of hydrogen-bond donors (Lipinski definition) is 0. The third kappa shape index (κ3) is 2.20. The van der Waals surface area contributed by atoms with Crippen molar-refractivity contribution in [2.75, 3.05) is 13.1 Å². The first-order valence-corrected chi connectivity index (χ1v) is 5.96. The highest BCUT2D eigenvalue weighted by molar-refractivity contribution is 9.10. The van der Waals surface area contributed by atoms with Crippen LogP contribution in [0.1, 0.15) is 32.5 Å². The molecule has 0 aliphatic rings. The second-order valence-electron chi connectivity index (χ2n) is 3.54. The number of nitrogens with zero attached hydrogens (tertiary/aromatic N) is 2. The van der Waals surface area contributed by atoms with Crippen LogP contribution in [0, 0.1) is 0 Å². The molecule has 0 aliphatic carbocycles. The van der Waals surface area contributed by atoms with Crippen LogP contribution in [0.25, 0.3) is 0 Å². The monoisotopic (exact) mass is 258 g/mol. The first-order chi connectivity index (χ1) is 6.61. The van der Waals surface area contributed by atoms with Gasteiger partial charge in [0.05, 0.1) is 4.60 Å². The standard InChI is InChI=1S/C11H19BrN2/c1-5-14(6-2)9(3)10-7-8-11(12)13(10)4/h7-9H,5-6H2,1-4H3. The topological polar surface area (TPSA) is 8.17 Å². The predicted molar refractivity (Wildman–Crippen MR) is 64.4 cm³/mol. The van der Waals surface area contributed by atoms with Crippen molar-refractivity contribution >= 4 is 15.9 Å². The van der Waals surface area contributed by atoms with E-state index in [9.17, 15) is 0 Å². The van der Waals surface area contributed by atoms with Crippen molar-refractivity contribution < 1.29 is 0 Å². The van der Waals surface area contributed by atoms with Gasteiger partial charge in [0.1, 0.15) is 0 Å². The van der Waals surface area contributed by atoms with Crippen LogP contribution < -0.4 is 0 Å². The zero-order chi connectivity index (χ0) is 10.7. The van der Waals surface area contributed by atoms with E-state index in [4.69, 9.17) is 0 Å². The maximum Gasteiger partial charge on any atom is 0.0846 e. The summed E-state index contributed by atoms with van der Waals surface area (Å²) < 4.78 is 3.34. The van der Waals surface area contributed by atoms with Gasteiger partial charge in [0.15, 0.2) is 0 Å². The number of aromatic nitrogens is 1. The Bertz CT molecular complexity index is 289. The summed E-state index contributed by atoms with van der Waals surface area (Å²) in [5.41, 5.74) is 1.36. The van der Waals surface area contributed by atoms with E-state index in [1.54, 1.807) is 0 Å². The van der Waals surface area contributed by atoms with Gasteiger partial charge in [-0.2, -0.15) is 0 Å². The van der Waals surface area contributed by atoms with E-state index in [-0.39, 0.29) is 0 Å². The lowest BCUT2D eigenvalue weighted by molar-refractivity contribution is 0.227. The molecule has 1 rings (SSSR count). The van der Waals surface area contributed by atoms with Crippen LogP contribution in [0.5, 0.6) is 0 Å². The molecule has 0 spiro atoms. The van der Waals surface area contributed by atoms with Crippen LogP contribution in [0.15, 0.2) is 16.7 Å². The fourth-order valence-corrected chi connectivity index (χ4v) is 2.22. The molecular formula is C11H19BrN2. The van der Waals surface area contributed by atoms with E-state index >= 15 is 0 Å². The molecule has 1 heterocycles. The van der Waals surface area contributed by atoms with Crippen LogP contribution in [0.2, 0.25) is 0 Å². The van der Waals surface area contributed by atoms with E-state index in [1.165, 1.54) is 5.69 Å². The van der Waals surface area contributed by atoms with E-state index < -0.39 is 0 Å². The summed E-state index contributed by atoms with van der Waals surface area (Å²) in [5, 5.41) is 0. The van der Waals surface area contributed by atoms with Gasteiger partial charge in [-0.3, -0.25) is 4.90 Å². The number of halogens is 1. The van der Waals surface area contributed by atoms with Crippen molar-refractivity contribution in [1.29, 1.82) is 0 Å². The summed E-state index contributed by atoms with van der Waals surface area (Å²) in [6, 6.07) is 4.78. The summed E-state index contributed by atoms with van der Waals surface area (Å²) in [5.74, 6) is 0. The van der Waals surface area contributed by atoms with Crippen molar-refractivity contribution in [3.8, 4) is 0 Å². The van der Waals surface area contributed by atoms with Gasteiger partial charge < -0.3 is 4.57 Å². The number of rotatable bonds is 4. The Hall–Kier alpha value is -0.280. The molecule has 0 bridgehead atoms. The molecule has 0 aromatic carbocycles. The van der Waals surface area contributed by atoms with Crippen LogP contribution in [0.3, 0.4) is 0 Å². The fourth-order valence-electron chi connectivity index (χ4n) is 1.88. The molecule has 0 amide bonds. The smallest absolute Gasteiger partial charge is 0.0846 e. The minimum atomic E-state index is 0.487. The molecule has 0 radical (unpaired) electrons. The van der Waals surface area contributed by atoms with Crippen molar-refractivity contribution in [1.82, 2.24) is 9.47 Å². The molecule has 1 unspecified atom stereocenters. The summed E-state index contributed by atoms with van der Waals surface area (Å²) >= 11 is 3.52. The second-order valence-corrected chi connectivity index (χ2v) is 4.35. The predicted octanol–water partition coefficient (Wildman–Crippen LogP) is 3.19. The van der Waals surface area contributed by atoms with Gasteiger partial charge in [-0.05, 0) is 48.1 Å². The van der Waals surface area contributed by atoms with Crippen LogP contribution >= 0.6 is 15.9 Å². The van der Waals surface area contributed by atoms with Crippen LogP contribution in [-0.2, 0) is 7.05 Å². The lowest BCUT2D eigenvalue weighted by Gasteiger charge is -2.26. The zero-order valence-corrected chi connectivity index (χ0v) is 11.0. The molecule has 0 aliphatic heterocycles. The molecule has 0 saturated heterocycles. The van der Waals surface area contributed by atoms with Crippen molar-refractivity contribution in [2.45, 2.75) is 26.8 Å². The Morgan fingerprint density at radius 1 is 1.36 bits per heavy atom. The second kappa shape index (κ2) is 4.99. The van der Waals surface area contributed by atoms with Crippen LogP contribution in [0.4, 0.5) is 0 Å². The Labute approximate surface area is 95.0 Å². The summed E-state index contributed by atoms with van der Waals surface area (Å²) in [7, 11) is 2.10. The molecule has 14 heavy (non-hydrogen) atoms. The van der Waals surface area contributed by atoms with Gasteiger partial charge >= 0.3 is 0 Å². The Kier molecular flexibility index (Phi) is 4.20. The highest BCUT2D eigenvalue weighted by Gasteiger charge is 2.15. The minimum absolute atomic E-state index is 0.487. The van der Waals surface area contributed by atoms with Gasteiger partial charge in [-0.1, -0.05) is 13.8 Å². The molecule has 0 fully saturated rings. The molecule has 0 N–H and O–H groups in total. The third-order valence-electron chi connectivity index (χ3n) is 2.89. The Morgan fingerprint density at radius 2 is 1.93 bits per heavy atom. The Balaban J connectivity index is 2.87. The van der Waals surface area contributed by atoms with Gasteiger partial charge in [0.2, 0.25) is 0 Å². The SMILES string of the molecule is CCN(CC)C(C)c1ccc(Br)n1C. The molecule has 80 valence electrons. The third-order valence-corrected chi connectivity index (χ3v) is 3.68. The first kappa shape index (κ1) is 11.8. The Morgan fingerprint density at radius 3 is 2.29 bits per heavy atom. The fraction of sp³-hybridized carbons (Fsp3) is 0.636. The van der Waals surface area contributed by atoms with Gasteiger partial charge in [-0.25, -0.2) is 0 Å². The van der Waals surface area contributed by atoms with Crippen molar-refractivity contribution in [3.05, 3.63) is 22.4 Å². The van der Waals surface area contributed by atoms with Crippen molar-refractivity contribution in [3.63, 3.8) is 0 Å². The molecular weight excluding hydrogens is 240 g/mol. The van der Waals surface area contributed by atoms with E-state index in [0.29, 0.717) is 6.04 Å². The van der Waals surface area contributed by atoms with Gasteiger partial charge in [-0.15, -0.1) is 0 Å². The average Bonchev–Trinajstić information content (AvgIpc) is 2.49. The maximum atomic E-state index is 3.52. The zero-order valence-electron chi connectivity index (χ0n) is 9.42. The molecule has 0 saturated carbocycles. The molecule has 1 aromatic heterocycles. The number of hydrogen-bond acceptors (Lipinski definition) is 1. The molecule has 2 nitrogen and oxygen atoms in total. The minimum Gasteiger partial charge on any atom is -0.341 e. The molecule has 1 atom stereocenters.